The van der Waals surface area contributed by atoms with Gasteiger partial charge in [-0.1, -0.05) is 19.9 Å². The molecule has 2 saturated heterocycles. The normalized spacial score (nSPS) is 22.9. The molecule has 0 aliphatic carbocycles. The predicted octanol–water partition coefficient (Wildman–Crippen LogP) is 3.36. The molecule has 5 rings (SSSR count). The number of rotatable bonds is 11. The van der Waals surface area contributed by atoms with E-state index in [1.165, 1.54) is 11.8 Å². The Morgan fingerprint density at radius 1 is 1.12 bits per heavy atom. The quantitative estimate of drug-likeness (QED) is 0.337. The Kier molecular flexibility index (Phi) is 9.17. The molecule has 3 aromatic rings. The standard InChI is InChI=1S/C30H42N6O5S/c1-19(2)22-6-7-25(36-16-21(20(36)3)18-42(5,38)39)24-15-32-29(14-23(22)24)33-28-8-10-31-30(34-28)35-11-9-26(40-4)27(17-35)41-13-12-37/h6-8,10,14-15,19-21,26-27,37H,9,11-13,16-18H2,1-5H3,(H,31,32,33,34)/t20-,21-,26-,27?/m1/s1. The molecule has 228 valence electrons. The third-order valence-electron chi connectivity index (χ3n) is 8.37. The second kappa shape index (κ2) is 12.7. The lowest BCUT2D eigenvalue weighted by molar-refractivity contribution is -0.0707. The minimum Gasteiger partial charge on any atom is -0.394 e. The first kappa shape index (κ1) is 30.4. The molecule has 1 aromatic carbocycles. The van der Waals surface area contributed by atoms with Gasteiger partial charge in [-0.05, 0) is 48.4 Å². The van der Waals surface area contributed by atoms with Crippen molar-refractivity contribution in [2.45, 2.75) is 51.4 Å². The molecule has 2 aliphatic heterocycles. The molecule has 4 heterocycles. The van der Waals surface area contributed by atoms with Gasteiger partial charge in [-0.3, -0.25) is 0 Å². The summed E-state index contributed by atoms with van der Waals surface area (Å²) >= 11 is 0. The molecule has 11 nitrogen and oxygen atoms in total. The molecule has 0 bridgehead atoms. The van der Waals surface area contributed by atoms with Gasteiger partial charge in [0.1, 0.15) is 27.6 Å². The number of fused-ring (bicyclic) bond motifs is 1. The predicted molar refractivity (Wildman–Crippen MR) is 166 cm³/mol. The number of piperidine rings is 1. The van der Waals surface area contributed by atoms with Gasteiger partial charge in [-0.15, -0.1) is 0 Å². The number of aliphatic hydroxyl groups excluding tert-OH is 1. The van der Waals surface area contributed by atoms with Crippen LogP contribution in [0.25, 0.3) is 10.8 Å². The highest BCUT2D eigenvalue weighted by Crippen LogP contribution is 2.39. The van der Waals surface area contributed by atoms with E-state index in [0.717, 1.165) is 29.4 Å². The number of nitrogens with one attached hydrogen (secondary N) is 1. The molecular weight excluding hydrogens is 556 g/mol. The summed E-state index contributed by atoms with van der Waals surface area (Å²) in [5.74, 6) is 2.55. The van der Waals surface area contributed by atoms with Crippen molar-refractivity contribution in [1.29, 1.82) is 0 Å². The van der Waals surface area contributed by atoms with E-state index in [1.54, 1.807) is 13.3 Å². The maximum absolute atomic E-state index is 11.9. The molecule has 42 heavy (non-hydrogen) atoms. The second-order valence-electron chi connectivity index (χ2n) is 11.7. The van der Waals surface area contributed by atoms with Crippen LogP contribution in [0.4, 0.5) is 23.3 Å². The van der Waals surface area contributed by atoms with Crippen LogP contribution in [-0.2, 0) is 19.3 Å². The van der Waals surface area contributed by atoms with Crippen LogP contribution in [0.3, 0.4) is 0 Å². The number of aromatic nitrogens is 3. The zero-order valence-corrected chi connectivity index (χ0v) is 25.8. The lowest BCUT2D eigenvalue weighted by atomic mass is 9.88. The number of sulfone groups is 1. The number of hydrogen-bond acceptors (Lipinski definition) is 11. The van der Waals surface area contributed by atoms with Gasteiger partial charge >= 0.3 is 0 Å². The molecular formula is C30H42N6O5S. The average molecular weight is 599 g/mol. The fourth-order valence-corrected chi connectivity index (χ4v) is 7.23. The van der Waals surface area contributed by atoms with E-state index in [9.17, 15) is 13.5 Å². The van der Waals surface area contributed by atoms with E-state index in [2.05, 4.69) is 59.1 Å². The molecule has 12 heteroatoms. The summed E-state index contributed by atoms with van der Waals surface area (Å²) in [7, 11) is -1.34. The molecule has 2 aromatic heterocycles. The van der Waals surface area contributed by atoms with Crippen LogP contribution in [0.5, 0.6) is 0 Å². The minimum absolute atomic E-state index is 0.0393. The summed E-state index contributed by atoms with van der Waals surface area (Å²) in [6, 6.07) is 8.33. The lowest BCUT2D eigenvalue weighted by Crippen LogP contribution is -2.57. The van der Waals surface area contributed by atoms with Crippen molar-refractivity contribution in [1.82, 2.24) is 15.0 Å². The van der Waals surface area contributed by atoms with E-state index in [0.29, 0.717) is 36.6 Å². The van der Waals surface area contributed by atoms with Gasteiger partial charge in [0.25, 0.3) is 0 Å². The third kappa shape index (κ3) is 6.61. The zero-order chi connectivity index (χ0) is 30.0. The number of pyridine rings is 1. The van der Waals surface area contributed by atoms with Crippen LogP contribution >= 0.6 is 0 Å². The minimum atomic E-state index is -3.02. The topological polar surface area (TPSA) is 130 Å². The van der Waals surface area contributed by atoms with Crippen LogP contribution in [0.2, 0.25) is 0 Å². The summed E-state index contributed by atoms with van der Waals surface area (Å²) in [6.07, 6.45) is 5.48. The van der Waals surface area contributed by atoms with Gasteiger partial charge in [0.2, 0.25) is 5.95 Å². The summed E-state index contributed by atoms with van der Waals surface area (Å²) in [5.41, 5.74) is 2.30. The van der Waals surface area contributed by atoms with Crippen molar-refractivity contribution in [2.75, 3.05) is 67.1 Å². The Bertz CT molecular complexity index is 1500. The van der Waals surface area contributed by atoms with Gasteiger partial charge < -0.3 is 29.7 Å². The highest BCUT2D eigenvalue weighted by molar-refractivity contribution is 7.90. The van der Waals surface area contributed by atoms with E-state index >= 15 is 0 Å². The van der Waals surface area contributed by atoms with Gasteiger partial charge in [0.15, 0.2) is 0 Å². The number of hydrogen-bond donors (Lipinski definition) is 2. The molecule has 2 aliphatic rings. The Hall–Kier alpha value is -3.06. The first-order chi connectivity index (χ1) is 20.1. The molecule has 0 spiro atoms. The second-order valence-corrected chi connectivity index (χ2v) is 13.9. The van der Waals surface area contributed by atoms with Crippen LogP contribution in [-0.4, -0.2) is 98.7 Å². The van der Waals surface area contributed by atoms with Gasteiger partial charge in [0, 0.05) is 68.4 Å². The van der Waals surface area contributed by atoms with Crippen molar-refractivity contribution >= 4 is 43.9 Å². The fraction of sp³-hybridized carbons (Fsp3) is 0.567. The van der Waals surface area contributed by atoms with Crippen LogP contribution < -0.4 is 15.1 Å². The first-order valence-electron chi connectivity index (χ1n) is 14.5. The molecule has 2 fully saturated rings. The Morgan fingerprint density at radius 2 is 1.93 bits per heavy atom. The van der Waals surface area contributed by atoms with Gasteiger partial charge in [-0.2, -0.15) is 4.98 Å². The van der Waals surface area contributed by atoms with E-state index < -0.39 is 9.84 Å². The van der Waals surface area contributed by atoms with Crippen LogP contribution in [0.1, 0.15) is 38.7 Å². The zero-order valence-electron chi connectivity index (χ0n) is 25.0. The van der Waals surface area contributed by atoms with E-state index in [-0.39, 0.29) is 43.1 Å². The number of nitrogens with zero attached hydrogens (tertiary/aromatic N) is 5. The molecule has 4 atom stereocenters. The van der Waals surface area contributed by atoms with Crippen molar-refractivity contribution < 1.29 is 23.0 Å². The van der Waals surface area contributed by atoms with Crippen molar-refractivity contribution in [3.05, 3.63) is 42.2 Å². The first-order valence-corrected chi connectivity index (χ1v) is 16.6. The number of anilines is 4. The smallest absolute Gasteiger partial charge is 0.227 e. The fourth-order valence-electron chi connectivity index (χ4n) is 6.07. The van der Waals surface area contributed by atoms with Crippen molar-refractivity contribution in [3.63, 3.8) is 0 Å². The highest BCUT2D eigenvalue weighted by atomic mass is 32.2. The summed E-state index contributed by atoms with van der Waals surface area (Å²) in [5, 5.41) is 14.7. The maximum Gasteiger partial charge on any atom is 0.227 e. The summed E-state index contributed by atoms with van der Waals surface area (Å²) in [6.45, 7) is 8.67. The van der Waals surface area contributed by atoms with Gasteiger partial charge in [-0.25, -0.2) is 18.4 Å². The van der Waals surface area contributed by atoms with E-state index in [1.807, 2.05) is 12.3 Å². The monoisotopic (exact) mass is 598 g/mol. The lowest BCUT2D eigenvalue weighted by Gasteiger charge is -2.48. The average Bonchev–Trinajstić information content (AvgIpc) is 2.96. The number of ether oxygens (including phenoxy) is 2. The van der Waals surface area contributed by atoms with Crippen molar-refractivity contribution in [2.24, 2.45) is 5.92 Å². The largest absolute Gasteiger partial charge is 0.394 e. The number of benzene rings is 1. The van der Waals surface area contributed by atoms with Crippen molar-refractivity contribution in [3.8, 4) is 0 Å². The molecule has 0 radical (unpaired) electrons. The molecule has 0 saturated carbocycles. The molecule has 1 unspecified atom stereocenters. The van der Waals surface area contributed by atoms with Crippen LogP contribution in [0, 0.1) is 5.92 Å². The molecule has 2 N–H and O–H groups in total. The SMILES string of the molecule is CO[C@@H]1CCN(c2nccc(Nc3cc4c(C(C)C)ccc(N5C[C@H](CS(C)(=O)=O)[C@H]5C)c4cn3)n2)CC1OCCO. The van der Waals surface area contributed by atoms with Crippen LogP contribution in [0.15, 0.2) is 36.7 Å². The van der Waals surface area contributed by atoms with Gasteiger partial charge in [0.05, 0.1) is 25.1 Å². The maximum atomic E-state index is 11.9. The number of methoxy groups -OCH3 is 1. The third-order valence-corrected chi connectivity index (χ3v) is 9.40. The Balaban J connectivity index is 1.37. The van der Waals surface area contributed by atoms with E-state index in [4.69, 9.17) is 19.4 Å². The number of aliphatic hydroxyl groups is 1. The Labute approximate surface area is 248 Å². The summed E-state index contributed by atoms with van der Waals surface area (Å²) < 4.78 is 35.2. The Morgan fingerprint density at radius 3 is 2.62 bits per heavy atom. The summed E-state index contributed by atoms with van der Waals surface area (Å²) in [4.78, 5) is 18.4. The molecule has 0 amide bonds. The highest BCUT2D eigenvalue weighted by Gasteiger charge is 2.38.